The van der Waals surface area contributed by atoms with E-state index in [9.17, 15) is 17.6 Å². The van der Waals surface area contributed by atoms with Crippen LogP contribution >= 0.6 is 11.6 Å². The van der Waals surface area contributed by atoms with Crippen molar-refractivity contribution in [3.63, 3.8) is 0 Å². The first-order chi connectivity index (χ1) is 9.81. The van der Waals surface area contributed by atoms with Crippen LogP contribution < -0.4 is 4.72 Å². The van der Waals surface area contributed by atoms with Gasteiger partial charge in [-0.05, 0) is 25.0 Å². The Kier molecular flexibility index (Phi) is 4.82. The number of carboxylic acid groups (broad SMARTS) is 1. The fraction of sp³-hybridized carbons (Fsp3) is 0.417. The summed E-state index contributed by atoms with van der Waals surface area (Å²) in [5.41, 5.74) is -0.792. The summed E-state index contributed by atoms with van der Waals surface area (Å²) in [6, 6.07) is 1.74. The average molecular weight is 338 g/mol. The molecule has 1 aromatic carbocycles. The van der Waals surface area contributed by atoms with Crippen LogP contribution in [-0.4, -0.2) is 38.7 Å². The molecule has 6 nitrogen and oxygen atoms in total. The molecule has 0 aliphatic carbocycles. The summed E-state index contributed by atoms with van der Waals surface area (Å²) in [6.07, 6.45) is 1.28. The van der Waals surface area contributed by atoms with Crippen LogP contribution in [0.5, 0.6) is 0 Å². The van der Waals surface area contributed by atoms with Crippen molar-refractivity contribution < 1.29 is 27.4 Å². The Balaban J connectivity index is 2.28. The molecule has 1 aromatic rings. The van der Waals surface area contributed by atoms with Gasteiger partial charge >= 0.3 is 5.97 Å². The number of hydrogen-bond acceptors (Lipinski definition) is 4. The first-order valence-electron chi connectivity index (χ1n) is 6.15. The molecular formula is C12H13ClFNO5S. The first-order valence-corrected chi connectivity index (χ1v) is 8.01. The van der Waals surface area contributed by atoms with E-state index in [1.807, 2.05) is 0 Å². The van der Waals surface area contributed by atoms with Crippen LogP contribution in [0.15, 0.2) is 17.0 Å². The van der Waals surface area contributed by atoms with Crippen molar-refractivity contribution in [2.24, 2.45) is 0 Å². The van der Waals surface area contributed by atoms with Crippen LogP contribution in [0.3, 0.4) is 0 Å². The average Bonchev–Trinajstić information content (AvgIpc) is 2.91. The number of carbonyl (C=O) groups is 1. The lowest BCUT2D eigenvalue weighted by atomic mass is 10.2. The van der Waals surface area contributed by atoms with Crippen LogP contribution in [0.2, 0.25) is 5.02 Å². The van der Waals surface area contributed by atoms with Crippen LogP contribution in [0, 0.1) is 5.82 Å². The lowest BCUT2D eigenvalue weighted by Gasteiger charge is -2.13. The molecule has 2 N–H and O–H groups in total. The number of ether oxygens (including phenoxy) is 1. The minimum Gasteiger partial charge on any atom is -0.478 e. The predicted molar refractivity (Wildman–Crippen MR) is 72.5 cm³/mol. The second kappa shape index (κ2) is 6.27. The summed E-state index contributed by atoms with van der Waals surface area (Å²) in [7, 11) is -4.21. The van der Waals surface area contributed by atoms with Gasteiger partial charge in [-0.25, -0.2) is 22.3 Å². The molecule has 0 bridgehead atoms. The highest BCUT2D eigenvalue weighted by atomic mass is 35.5. The Morgan fingerprint density at radius 2 is 2.24 bits per heavy atom. The Morgan fingerprint density at radius 3 is 2.81 bits per heavy atom. The molecule has 1 unspecified atom stereocenters. The van der Waals surface area contributed by atoms with Crippen molar-refractivity contribution in [1.82, 2.24) is 4.72 Å². The van der Waals surface area contributed by atoms with E-state index in [4.69, 9.17) is 21.4 Å². The molecule has 1 atom stereocenters. The maximum Gasteiger partial charge on any atom is 0.338 e. The smallest absolute Gasteiger partial charge is 0.338 e. The summed E-state index contributed by atoms with van der Waals surface area (Å²) < 4.78 is 45.6. The van der Waals surface area contributed by atoms with E-state index in [1.54, 1.807) is 0 Å². The fourth-order valence-electron chi connectivity index (χ4n) is 2.00. The Labute approximate surface area is 125 Å². The molecule has 0 spiro atoms. The van der Waals surface area contributed by atoms with Gasteiger partial charge in [0.2, 0.25) is 10.0 Å². The second-order valence-electron chi connectivity index (χ2n) is 4.56. The van der Waals surface area contributed by atoms with E-state index >= 15 is 0 Å². The molecule has 1 aliphatic heterocycles. The van der Waals surface area contributed by atoms with E-state index < -0.39 is 32.3 Å². The molecule has 116 valence electrons. The van der Waals surface area contributed by atoms with Gasteiger partial charge in [-0.2, -0.15) is 0 Å². The van der Waals surface area contributed by atoms with Crippen molar-refractivity contribution >= 4 is 27.6 Å². The lowest BCUT2D eigenvalue weighted by molar-refractivity contribution is 0.0691. The van der Waals surface area contributed by atoms with Gasteiger partial charge in [-0.3, -0.25) is 0 Å². The van der Waals surface area contributed by atoms with E-state index in [2.05, 4.69) is 4.72 Å². The van der Waals surface area contributed by atoms with Crippen LogP contribution in [0.1, 0.15) is 23.2 Å². The third-order valence-corrected chi connectivity index (χ3v) is 4.69. The largest absolute Gasteiger partial charge is 0.478 e. The quantitative estimate of drug-likeness (QED) is 0.852. The summed E-state index contributed by atoms with van der Waals surface area (Å²) in [4.78, 5) is 10.1. The molecule has 2 rings (SSSR count). The van der Waals surface area contributed by atoms with Gasteiger partial charge in [0.15, 0.2) is 5.82 Å². The van der Waals surface area contributed by atoms with Crippen molar-refractivity contribution in [2.45, 2.75) is 23.8 Å². The van der Waals surface area contributed by atoms with Gasteiger partial charge in [0.25, 0.3) is 0 Å². The highest BCUT2D eigenvalue weighted by Crippen LogP contribution is 2.24. The maximum atomic E-state index is 14.0. The van der Waals surface area contributed by atoms with Crippen LogP contribution in [0.4, 0.5) is 4.39 Å². The number of carboxylic acids is 1. The van der Waals surface area contributed by atoms with Crippen molar-refractivity contribution in [3.8, 4) is 0 Å². The highest BCUT2D eigenvalue weighted by Gasteiger charge is 2.26. The number of nitrogens with one attached hydrogen (secondary N) is 1. The van der Waals surface area contributed by atoms with Crippen molar-refractivity contribution in [3.05, 3.63) is 28.5 Å². The highest BCUT2D eigenvalue weighted by molar-refractivity contribution is 7.89. The third kappa shape index (κ3) is 3.70. The lowest BCUT2D eigenvalue weighted by Crippen LogP contribution is -2.32. The molecule has 0 saturated carbocycles. The number of halogens is 2. The predicted octanol–water partition coefficient (Wildman–Crippen LogP) is 1.63. The van der Waals surface area contributed by atoms with E-state index in [0.717, 1.165) is 18.6 Å². The van der Waals surface area contributed by atoms with Gasteiger partial charge in [-0.1, -0.05) is 11.6 Å². The van der Waals surface area contributed by atoms with Crippen LogP contribution in [-0.2, 0) is 14.8 Å². The van der Waals surface area contributed by atoms with Crippen molar-refractivity contribution in [1.29, 1.82) is 0 Å². The Bertz CT molecular complexity index is 658. The van der Waals surface area contributed by atoms with E-state index in [-0.39, 0.29) is 17.7 Å². The monoisotopic (exact) mass is 337 g/mol. The molecule has 0 amide bonds. The number of aromatic carboxylic acids is 1. The SMILES string of the molecule is O=C(O)c1cc(Cl)cc(S(=O)(=O)NCC2CCCO2)c1F. The second-order valence-corrected chi connectivity index (χ2v) is 6.73. The van der Waals surface area contributed by atoms with E-state index in [0.29, 0.717) is 13.0 Å². The number of benzene rings is 1. The molecule has 21 heavy (non-hydrogen) atoms. The normalized spacial score (nSPS) is 18.9. The molecule has 1 saturated heterocycles. The zero-order valence-corrected chi connectivity index (χ0v) is 12.4. The fourth-order valence-corrected chi connectivity index (χ4v) is 3.47. The number of rotatable bonds is 5. The van der Waals surface area contributed by atoms with Gasteiger partial charge in [0.05, 0.1) is 11.7 Å². The molecule has 0 radical (unpaired) electrons. The summed E-state index contributed by atoms with van der Waals surface area (Å²) in [6.45, 7) is 0.553. The standard InChI is InChI=1S/C12H13ClFNO5S/c13-7-4-9(12(16)17)11(14)10(5-7)21(18,19)15-6-8-2-1-3-20-8/h4-5,8,15H,1-3,6H2,(H,16,17). The zero-order chi connectivity index (χ0) is 15.6. The van der Waals surface area contributed by atoms with Gasteiger partial charge in [-0.15, -0.1) is 0 Å². The molecule has 9 heteroatoms. The third-order valence-electron chi connectivity index (χ3n) is 3.05. The minimum absolute atomic E-state index is 0.00328. The molecule has 0 aromatic heterocycles. The van der Waals surface area contributed by atoms with Crippen molar-refractivity contribution in [2.75, 3.05) is 13.2 Å². The summed E-state index contributed by atoms with van der Waals surface area (Å²) in [5, 5.41) is 8.67. The van der Waals surface area contributed by atoms with E-state index in [1.165, 1.54) is 0 Å². The Hall–Kier alpha value is -1.22. The summed E-state index contributed by atoms with van der Waals surface area (Å²) >= 11 is 5.65. The molecule has 1 heterocycles. The minimum atomic E-state index is -4.21. The summed E-state index contributed by atoms with van der Waals surface area (Å²) in [5.74, 6) is -2.93. The molecular weight excluding hydrogens is 325 g/mol. The topological polar surface area (TPSA) is 92.7 Å². The van der Waals surface area contributed by atoms with Gasteiger partial charge in [0.1, 0.15) is 4.90 Å². The number of sulfonamides is 1. The Morgan fingerprint density at radius 1 is 1.52 bits per heavy atom. The van der Waals surface area contributed by atoms with Gasteiger partial charge < -0.3 is 9.84 Å². The van der Waals surface area contributed by atoms with Gasteiger partial charge in [0, 0.05) is 18.2 Å². The molecule has 1 fully saturated rings. The zero-order valence-electron chi connectivity index (χ0n) is 10.8. The van der Waals surface area contributed by atoms with Crippen LogP contribution in [0.25, 0.3) is 0 Å². The number of hydrogen-bond donors (Lipinski definition) is 2. The molecule has 1 aliphatic rings. The first kappa shape index (κ1) is 16.2. The maximum absolute atomic E-state index is 14.0.